The van der Waals surface area contributed by atoms with Crippen molar-refractivity contribution in [1.82, 2.24) is 10.2 Å². The molecule has 2 heterocycles. The number of nitrogens with one attached hydrogen (secondary N) is 1. The van der Waals surface area contributed by atoms with Gasteiger partial charge in [-0.1, -0.05) is 6.92 Å². The highest BCUT2D eigenvalue weighted by Gasteiger charge is 2.37. The van der Waals surface area contributed by atoms with E-state index in [0.717, 1.165) is 12.0 Å². The summed E-state index contributed by atoms with van der Waals surface area (Å²) in [5.74, 6) is 0.884. The molecule has 0 saturated carbocycles. The molecule has 0 aromatic rings. The van der Waals surface area contributed by atoms with Crippen LogP contribution in [0.1, 0.15) is 33.6 Å². The van der Waals surface area contributed by atoms with Crippen LogP contribution in [-0.2, 0) is 0 Å². The van der Waals surface area contributed by atoms with Gasteiger partial charge >= 0.3 is 0 Å². The Bertz CT molecular complexity index is 185. The third-order valence-corrected chi connectivity index (χ3v) is 3.60. The lowest BCUT2D eigenvalue weighted by molar-refractivity contribution is 0.138. The van der Waals surface area contributed by atoms with Crippen LogP contribution in [0.3, 0.4) is 0 Å². The van der Waals surface area contributed by atoms with Gasteiger partial charge in [-0.05, 0) is 39.2 Å². The number of hydrogen-bond donors (Lipinski definition) is 1. The molecule has 0 aromatic carbocycles. The predicted molar refractivity (Wildman–Crippen MR) is 55.8 cm³/mol. The first-order chi connectivity index (χ1) is 6.08. The quantitative estimate of drug-likeness (QED) is 0.695. The molecular weight excluding hydrogens is 160 g/mol. The molecule has 2 heteroatoms. The van der Waals surface area contributed by atoms with Gasteiger partial charge in [0.25, 0.3) is 0 Å². The Hall–Kier alpha value is -0.0800. The highest BCUT2D eigenvalue weighted by atomic mass is 15.2. The van der Waals surface area contributed by atoms with E-state index in [4.69, 9.17) is 0 Å². The van der Waals surface area contributed by atoms with E-state index in [2.05, 4.69) is 31.0 Å². The Kier molecular flexibility index (Phi) is 2.37. The van der Waals surface area contributed by atoms with Crippen molar-refractivity contribution in [2.45, 2.75) is 45.2 Å². The third-order valence-electron chi connectivity index (χ3n) is 3.60. The summed E-state index contributed by atoms with van der Waals surface area (Å²) in [6.45, 7) is 10.9. The summed E-state index contributed by atoms with van der Waals surface area (Å²) in [7, 11) is 0. The first-order valence-electron chi connectivity index (χ1n) is 5.56. The second-order valence-electron chi connectivity index (χ2n) is 5.47. The first-order valence-corrected chi connectivity index (χ1v) is 5.56. The zero-order chi connectivity index (χ0) is 9.47. The number of hydrogen-bond acceptors (Lipinski definition) is 2. The minimum Gasteiger partial charge on any atom is -0.313 e. The molecule has 13 heavy (non-hydrogen) atoms. The molecule has 0 radical (unpaired) electrons. The second kappa shape index (κ2) is 3.25. The maximum absolute atomic E-state index is 3.48. The molecule has 0 aromatic heterocycles. The smallest absolute Gasteiger partial charge is 0.0207 e. The molecule has 0 bridgehead atoms. The zero-order valence-electron chi connectivity index (χ0n) is 9.14. The van der Waals surface area contributed by atoms with Crippen LogP contribution in [0.2, 0.25) is 0 Å². The van der Waals surface area contributed by atoms with Crippen LogP contribution in [0.4, 0.5) is 0 Å². The van der Waals surface area contributed by atoms with Gasteiger partial charge in [0.05, 0.1) is 0 Å². The minimum absolute atomic E-state index is 0.441. The van der Waals surface area contributed by atoms with E-state index in [0.29, 0.717) is 5.54 Å². The van der Waals surface area contributed by atoms with Crippen molar-refractivity contribution in [3.63, 3.8) is 0 Å². The lowest BCUT2D eigenvalue weighted by atomic mass is 9.97. The second-order valence-corrected chi connectivity index (χ2v) is 5.47. The van der Waals surface area contributed by atoms with Crippen molar-refractivity contribution in [2.75, 3.05) is 19.6 Å². The Morgan fingerprint density at radius 1 is 1.46 bits per heavy atom. The van der Waals surface area contributed by atoms with Crippen molar-refractivity contribution in [3.05, 3.63) is 0 Å². The highest BCUT2D eigenvalue weighted by molar-refractivity contribution is 4.94. The van der Waals surface area contributed by atoms with Crippen molar-refractivity contribution < 1.29 is 0 Å². The van der Waals surface area contributed by atoms with E-state index < -0.39 is 0 Å². The molecule has 2 unspecified atom stereocenters. The SMILES string of the molecule is CC1CN(CC2CCN2)C(C)(C)C1. The van der Waals surface area contributed by atoms with Gasteiger partial charge in [0, 0.05) is 24.7 Å². The zero-order valence-corrected chi connectivity index (χ0v) is 9.14. The Morgan fingerprint density at radius 3 is 2.54 bits per heavy atom. The van der Waals surface area contributed by atoms with Gasteiger partial charge in [-0.3, -0.25) is 4.90 Å². The summed E-state index contributed by atoms with van der Waals surface area (Å²) in [6.07, 6.45) is 2.74. The average Bonchev–Trinajstić information content (AvgIpc) is 2.15. The van der Waals surface area contributed by atoms with Gasteiger partial charge in [0.1, 0.15) is 0 Å². The average molecular weight is 182 g/mol. The summed E-state index contributed by atoms with van der Waals surface area (Å²) < 4.78 is 0. The molecule has 0 spiro atoms. The van der Waals surface area contributed by atoms with Crippen LogP contribution in [0.25, 0.3) is 0 Å². The number of rotatable bonds is 2. The molecule has 2 saturated heterocycles. The molecular formula is C11H22N2. The van der Waals surface area contributed by atoms with E-state index in [9.17, 15) is 0 Å². The first kappa shape index (κ1) is 9.47. The lowest BCUT2D eigenvalue weighted by Crippen LogP contribution is -2.53. The standard InChI is InChI=1S/C11H22N2/c1-9-6-11(2,3)13(7-9)8-10-4-5-12-10/h9-10,12H,4-8H2,1-3H3. The van der Waals surface area contributed by atoms with Gasteiger partial charge < -0.3 is 5.32 Å². The maximum atomic E-state index is 3.48. The van der Waals surface area contributed by atoms with Gasteiger partial charge in [-0.2, -0.15) is 0 Å². The highest BCUT2D eigenvalue weighted by Crippen LogP contribution is 2.32. The fourth-order valence-corrected chi connectivity index (χ4v) is 2.76. The third kappa shape index (κ3) is 1.89. The largest absolute Gasteiger partial charge is 0.313 e. The van der Waals surface area contributed by atoms with Gasteiger partial charge in [-0.25, -0.2) is 0 Å². The molecule has 2 nitrogen and oxygen atoms in total. The van der Waals surface area contributed by atoms with Crippen LogP contribution in [0.15, 0.2) is 0 Å². The van der Waals surface area contributed by atoms with E-state index in [1.165, 1.54) is 32.5 Å². The Balaban J connectivity index is 1.89. The minimum atomic E-state index is 0.441. The predicted octanol–water partition coefficient (Wildman–Crippen LogP) is 1.47. The van der Waals surface area contributed by atoms with E-state index in [-0.39, 0.29) is 0 Å². The fraction of sp³-hybridized carbons (Fsp3) is 1.00. The Morgan fingerprint density at radius 2 is 2.15 bits per heavy atom. The molecule has 2 atom stereocenters. The normalized spacial score (nSPS) is 39.0. The van der Waals surface area contributed by atoms with Crippen LogP contribution in [-0.4, -0.2) is 36.1 Å². The van der Waals surface area contributed by atoms with Crippen LogP contribution in [0, 0.1) is 5.92 Å². The lowest BCUT2D eigenvalue weighted by Gasteiger charge is -2.38. The Labute approximate surface area is 81.7 Å². The van der Waals surface area contributed by atoms with Crippen LogP contribution in [0.5, 0.6) is 0 Å². The summed E-state index contributed by atoms with van der Waals surface area (Å²) in [5.41, 5.74) is 0.441. The van der Waals surface area contributed by atoms with Gasteiger partial charge in [0.15, 0.2) is 0 Å². The molecule has 76 valence electrons. The molecule has 2 rings (SSSR count). The van der Waals surface area contributed by atoms with Crippen molar-refractivity contribution in [3.8, 4) is 0 Å². The summed E-state index contributed by atoms with van der Waals surface area (Å²) in [4.78, 5) is 2.66. The van der Waals surface area contributed by atoms with Crippen LogP contribution < -0.4 is 5.32 Å². The molecule has 1 N–H and O–H groups in total. The molecule has 0 aliphatic carbocycles. The molecule has 2 aliphatic rings. The summed E-state index contributed by atoms with van der Waals surface area (Å²) in [6, 6.07) is 0.782. The van der Waals surface area contributed by atoms with E-state index in [1.807, 2.05) is 0 Å². The monoisotopic (exact) mass is 182 g/mol. The van der Waals surface area contributed by atoms with Gasteiger partial charge in [0.2, 0.25) is 0 Å². The topological polar surface area (TPSA) is 15.3 Å². The maximum Gasteiger partial charge on any atom is 0.0207 e. The molecule has 2 fully saturated rings. The van der Waals surface area contributed by atoms with E-state index >= 15 is 0 Å². The van der Waals surface area contributed by atoms with Crippen molar-refractivity contribution in [1.29, 1.82) is 0 Å². The fourth-order valence-electron chi connectivity index (χ4n) is 2.76. The van der Waals surface area contributed by atoms with Crippen molar-refractivity contribution in [2.24, 2.45) is 5.92 Å². The van der Waals surface area contributed by atoms with Crippen molar-refractivity contribution >= 4 is 0 Å². The van der Waals surface area contributed by atoms with E-state index in [1.54, 1.807) is 0 Å². The molecule has 0 amide bonds. The number of likely N-dealkylation sites (tertiary alicyclic amines) is 1. The summed E-state index contributed by atoms with van der Waals surface area (Å²) in [5, 5.41) is 3.48. The summed E-state index contributed by atoms with van der Waals surface area (Å²) >= 11 is 0. The molecule has 2 aliphatic heterocycles. The number of nitrogens with zero attached hydrogens (tertiary/aromatic N) is 1. The van der Waals surface area contributed by atoms with Crippen LogP contribution >= 0.6 is 0 Å². The van der Waals surface area contributed by atoms with Gasteiger partial charge in [-0.15, -0.1) is 0 Å².